The number of nitrogens with zero attached hydrogens (tertiary/aromatic N) is 3. The normalized spacial score (nSPS) is 10.1. The first kappa shape index (κ1) is 14.1. The minimum Gasteiger partial charge on any atom is -0.359 e. The van der Waals surface area contributed by atoms with Gasteiger partial charge >= 0.3 is 0 Å². The number of hydrogen-bond acceptors (Lipinski definition) is 3. The summed E-state index contributed by atoms with van der Waals surface area (Å²) in [5.41, 5.74) is 0.552. The van der Waals surface area contributed by atoms with Crippen LogP contribution in [0.4, 0.5) is 10.3 Å². The fourth-order valence-corrected chi connectivity index (χ4v) is 1.71. The Morgan fingerprint density at radius 1 is 1.45 bits per heavy atom. The van der Waals surface area contributed by atoms with Crippen LogP contribution in [-0.4, -0.2) is 26.4 Å². The number of anilines is 1. The van der Waals surface area contributed by atoms with Crippen molar-refractivity contribution < 1.29 is 4.39 Å². The van der Waals surface area contributed by atoms with Crippen molar-refractivity contribution in [2.75, 3.05) is 11.9 Å². The second kappa shape index (κ2) is 6.76. The monoisotopic (exact) mass is 291 g/mol. The van der Waals surface area contributed by atoms with Gasteiger partial charge in [0.05, 0.1) is 6.54 Å². The van der Waals surface area contributed by atoms with Gasteiger partial charge in [-0.05, 0) is 18.3 Å². The highest BCUT2D eigenvalue weighted by atomic mass is 32.1. The number of nitrogens with one attached hydrogen (secondary N) is 2. The van der Waals surface area contributed by atoms with E-state index >= 15 is 0 Å². The molecule has 0 aliphatic carbocycles. The molecule has 2 aromatic rings. The van der Waals surface area contributed by atoms with E-state index in [0.717, 1.165) is 0 Å². The van der Waals surface area contributed by atoms with E-state index in [1.807, 2.05) is 0 Å². The Bertz CT molecular complexity index is 610. The van der Waals surface area contributed by atoms with Crippen LogP contribution in [0.15, 0.2) is 43.2 Å². The summed E-state index contributed by atoms with van der Waals surface area (Å²) in [5.74, 6) is 0.101. The van der Waals surface area contributed by atoms with Gasteiger partial charge in [-0.15, -0.1) is 11.7 Å². The summed E-state index contributed by atoms with van der Waals surface area (Å²) in [7, 11) is 0. The lowest BCUT2D eigenvalue weighted by Crippen LogP contribution is -2.28. The third-order valence-electron chi connectivity index (χ3n) is 2.46. The summed E-state index contributed by atoms with van der Waals surface area (Å²) >= 11 is 5.04. The number of aromatic nitrogens is 3. The lowest BCUT2D eigenvalue weighted by atomic mass is 10.2. The van der Waals surface area contributed by atoms with Gasteiger partial charge in [-0.2, -0.15) is 0 Å². The quantitative estimate of drug-likeness (QED) is 0.651. The standard InChI is InChI=1S/C13H14FN5S/c1-2-7-15-13(20)17-12-16-9-19(18-12)8-10-5-3-4-6-11(10)14/h2-6,9H,1,7-8H2,(H2,15,17,18,20). The molecule has 1 heterocycles. The van der Waals surface area contributed by atoms with Gasteiger partial charge in [-0.3, -0.25) is 5.32 Å². The van der Waals surface area contributed by atoms with Crippen LogP contribution >= 0.6 is 12.2 Å². The summed E-state index contributed by atoms with van der Waals surface area (Å²) in [6, 6.07) is 6.56. The molecule has 0 spiro atoms. The van der Waals surface area contributed by atoms with E-state index in [1.54, 1.807) is 24.3 Å². The maximum absolute atomic E-state index is 13.5. The van der Waals surface area contributed by atoms with Crippen LogP contribution in [0.2, 0.25) is 0 Å². The van der Waals surface area contributed by atoms with Crippen molar-refractivity contribution in [3.63, 3.8) is 0 Å². The smallest absolute Gasteiger partial charge is 0.248 e. The summed E-state index contributed by atoms with van der Waals surface area (Å²) in [5, 5.41) is 10.3. The van der Waals surface area contributed by atoms with Gasteiger partial charge < -0.3 is 5.32 Å². The van der Waals surface area contributed by atoms with Gasteiger partial charge in [-0.1, -0.05) is 24.3 Å². The minimum absolute atomic E-state index is 0.263. The maximum atomic E-state index is 13.5. The molecular weight excluding hydrogens is 277 g/mol. The van der Waals surface area contributed by atoms with Crippen molar-refractivity contribution in [3.05, 3.63) is 54.6 Å². The molecule has 0 aliphatic rings. The van der Waals surface area contributed by atoms with Crippen LogP contribution in [0.1, 0.15) is 5.56 Å². The van der Waals surface area contributed by atoms with E-state index in [1.165, 1.54) is 17.1 Å². The van der Waals surface area contributed by atoms with Crippen LogP contribution in [0, 0.1) is 5.82 Å². The maximum Gasteiger partial charge on any atom is 0.248 e. The molecule has 0 radical (unpaired) electrons. The zero-order valence-electron chi connectivity index (χ0n) is 10.7. The molecule has 0 amide bonds. The number of halogens is 1. The van der Waals surface area contributed by atoms with Gasteiger partial charge in [0.15, 0.2) is 5.11 Å². The van der Waals surface area contributed by atoms with E-state index in [2.05, 4.69) is 27.3 Å². The van der Waals surface area contributed by atoms with Gasteiger partial charge in [0.25, 0.3) is 0 Å². The molecule has 1 aromatic carbocycles. The fraction of sp³-hybridized carbons (Fsp3) is 0.154. The van der Waals surface area contributed by atoms with E-state index in [-0.39, 0.29) is 5.82 Å². The lowest BCUT2D eigenvalue weighted by molar-refractivity contribution is 0.585. The largest absolute Gasteiger partial charge is 0.359 e. The molecule has 0 saturated heterocycles. The molecule has 0 atom stereocenters. The lowest BCUT2D eigenvalue weighted by Gasteiger charge is -2.05. The first-order valence-electron chi connectivity index (χ1n) is 5.97. The molecule has 20 heavy (non-hydrogen) atoms. The summed E-state index contributed by atoms with van der Waals surface area (Å²) in [6.45, 7) is 4.45. The van der Waals surface area contributed by atoms with Crippen LogP contribution in [0.3, 0.4) is 0 Å². The molecule has 0 bridgehead atoms. The molecule has 2 rings (SSSR count). The zero-order chi connectivity index (χ0) is 14.4. The van der Waals surface area contributed by atoms with Crippen LogP contribution in [0.25, 0.3) is 0 Å². The van der Waals surface area contributed by atoms with Crippen molar-refractivity contribution in [2.24, 2.45) is 0 Å². The average Bonchev–Trinajstić information content (AvgIpc) is 2.86. The second-order valence-electron chi connectivity index (χ2n) is 3.98. The SMILES string of the molecule is C=CCNC(=S)Nc1ncn(Cc2ccccc2F)n1. The highest BCUT2D eigenvalue weighted by Gasteiger charge is 2.05. The highest BCUT2D eigenvalue weighted by Crippen LogP contribution is 2.08. The zero-order valence-corrected chi connectivity index (χ0v) is 11.5. The van der Waals surface area contributed by atoms with Crippen molar-refractivity contribution >= 4 is 23.3 Å². The number of rotatable bonds is 5. The first-order valence-corrected chi connectivity index (χ1v) is 6.38. The Labute approximate surface area is 121 Å². The predicted molar refractivity (Wildman–Crippen MR) is 79.9 cm³/mol. The van der Waals surface area contributed by atoms with E-state index in [9.17, 15) is 4.39 Å². The Morgan fingerprint density at radius 2 is 2.25 bits per heavy atom. The third kappa shape index (κ3) is 3.86. The molecule has 1 aromatic heterocycles. The molecule has 0 aliphatic heterocycles. The van der Waals surface area contributed by atoms with Gasteiger partial charge in [-0.25, -0.2) is 14.1 Å². The first-order chi connectivity index (χ1) is 9.69. The Balaban J connectivity index is 1.97. The number of hydrogen-bond donors (Lipinski definition) is 2. The topological polar surface area (TPSA) is 54.8 Å². The van der Waals surface area contributed by atoms with Crippen LogP contribution in [-0.2, 0) is 6.54 Å². The van der Waals surface area contributed by atoms with Crippen molar-refractivity contribution in [2.45, 2.75) is 6.54 Å². The van der Waals surface area contributed by atoms with E-state index in [4.69, 9.17) is 12.2 Å². The summed E-state index contributed by atoms with van der Waals surface area (Å²) in [6.07, 6.45) is 3.21. The van der Waals surface area contributed by atoms with E-state index < -0.39 is 0 Å². The number of thiocarbonyl (C=S) groups is 1. The Hall–Kier alpha value is -2.28. The third-order valence-corrected chi connectivity index (χ3v) is 2.71. The predicted octanol–water partition coefficient (Wildman–Crippen LogP) is 1.94. The molecule has 5 nitrogen and oxygen atoms in total. The van der Waals surface area contributed by atoms with E-state index in [0.29, 0.717) is 29.7 Å². The molecule has 0 fully saturated rings. The molecule has 2 N–H and O–H groups in total. The van der Waals surface area contributed by atoms with Crippen LogP contribution in [0.5, 0.6) is 0 Å². The molecular formula is C13H14FN5S. The summed E-state index contributed by atoms with van der Waals surface area (Å²) in [4.78, 5) is 4.06. The van der Waals surface area contributed by atoms with Crippen molar-refractivity contribution in [1.29, 1.82) is 0 Å². The Morgan fingerprint density at radius 3 is 3.00 bits per heavy atom. The molecule has 104 valence electrons. The van der Waals surface area contributed by atoms with Gasteiger partial charge in [0.2, 0.25) is 5.95 Å². The van der Waals surface area contributed by atoms with Gasteiger partial charge in [0, 0.05) is 12.1 Å². The number of benzene rings is 1. The average molecular weight is 291 g/mol. The Kier molecular flexibility index (Phi) is 4.78. The molecule has 7 heteroatoms. The highest BCUT2D eigenvalue weighted by molar-refractivity contribution is 7.80. The molecule has 0 unspecified atom stereocenters. The minimum atomic E-state index is -0.263. The van der Waals surface area contributed by atoms with Crippen molar-refractivity contribution in [1.82, 2.24) is 20.1 Å². The van der Waals surface area contributed by atoms with Crippen molar-refractivity contribution in [3.8, 4) is 0 Å². The van der Waals surface area contributed by atoms with Crippen LogP contribution < -0.4 is 10.6 Å². The van der Waals surface area contributed by atoms with Gasteiger partial charge in [0.1, 0.15) is 12.1 Å². The molecule has 0 saturated carbocycles. The summed E-state index contributed by atoms with van der Waals surface area (Å²) < 4.78 is 15.1. The second-order valence-corrected chi connectivity index (χ2v) is 4.39. The fourth-order valence-electron chi connectivity index (χ4n) is 1.54.